The Bertz CT molecular complexity index is 286. The van der Waals surface area contributed by atoms with Crippen LogP contribution in [-0.2, 0) is 4.79 Å². The van der Waals surface area contributed by atoms with Crippen molar-refractivity contribution in [1.29, 1.82) is 0 Å². The zero-order valence-corrected chi connectivity index (χ0v) is 11.3. The Hall–Kier alpha value is -0.610. The van der Waals surface area contributed by atoms with Crippen LogP contribution in [0.15, 0.2) is 0 Å². The summed E-state index contributed by atoms with van der Waals surface area (Å²) >= 11 is 0. The second-order valence-electron chi connectivity index (χ2n) is 6.06. The summed E-state index contributed by atoms with van der Waals surface area (Å²) in [6.07, 6.45) is 3.99. The highest BCUT2D eigenvalue weighted by molar-refractivity contribution is 5.81. The van der Waals surface area contributed by atoms with Gasteiger partial charge in [0.15, 0.2) is 0 Å². The number of amides is 1. The van der Waals surface area contributed by atoms with Gasteiger partial charge in [0.05, 0.1) is 5.41 Å². The fraction of sp³-hybridized carbons (Fsp3) is 0.923. The quantitative estimate of drug-likeness (QED) is 0.738. The number of hydrogen-bond acceptors (Lipinski definition) is 3. The first-order chi connectivity index (χ1) is 8.03. The Morgan fingerprint density at radius 2 is 2.06 bits per heavy atom. The molecule has 0 aromatic heterocycles. The van der Waals surface area contributed by atoms with Crippen LogP contribution in [0.5, 0.6) is 0 Å². The number of likely N-dealkylation sites (tertiary alicyclic amines) is 1. The van der Waals surface area contributed by atoms with Crippen LogP contribution in [0, 0.1) is 5.41 Å². The SMILES string of the molecule is CNC(=O)C(C)(C)CNC1CCN(C2CC2)C1. The summed E-state index contributed by atoms with van der Waals surface area (Å²) < 4.78 is 0. The molecule has 17 heavy (non-hydrogen) atoms. The molecule has 2 fully saturated rings. The smallest absolute Gasteiger partial charge is 0.226 e. The zero-order valence-electron chi connectivity index (χ0n) is 11.3. The van der Waals surface area contributed by atoms with E-state index in [9.17, 15) is 4.79 Å². The predicted octanol–water partition coefficient (Wildman–Crippen LogP) is 0.585. The molecule has 2 aliphatic rings. The van der Waals surface area contributed by atoms with Crippen molar-refractivity contribution in [3.63, 3.8) is 0 Å². The summed E-state index contributed by atoms with van der Waals surface area (Å²) in [5.41, 5.74) is -0.318. The van der Waals surface area contributed by atoms with Gasteiger partial charge in [-0.3, -0.25) is 9.69 Å². The van der Waals surface area contributed by atoms with Crippen molar-refractivity contribution < 1.29 is 4.79 Å². The van der Waals surface area contributed by atoms with E-state index >= 15 is 0 Å². The lowest BCUT2D eigenvalue weighted by atomic mass is 9.92. The molecule has 2 N–H and O–H groups in total. The first-order valence-electron chi connectivity index (χ1n) is 6.72. The van der Waals surface area contributed by atoms with Gasteiger partial charge in [-0.1, -0.05) is 0 Å². The fourth-order valence-electron chi connectivity index (χ4n) is 2.54. The third kappa shape index (κ3) is 3.19. The number of rotatable bonds is 5. The van der Waals surface area contributed by atoms with Gasteiger partial charge in [0, 0.05) is 38.8 Å². The molecule has 1 unspecified atom stereocenters. The van der Waals surface area contributed by atoms with E-state index in [-0.39, 0.29) is 11.3 Å². The van der Waals surface area contributed by atoms with Gasteiger partial charge in [0.1, 0.15) is 0 Å². The van der Waals surface area contributed by atoms with E-state index < -0.39 is 0 Å². The van der Waals surface area contributed by atoms with Crippen LogP contribution in [0.3, 0.4) is 0 Å². The van der Waals surface area contributed by atoms with Crippen LogP contribution in [-0.4, -0.2) is 49.6 Å². The van der Waals surface area contributed by atoms with E-state index in [0.29, 0.717) is 6.04 Å². The maximum Gasteiger partial charge on any atom is 0.226 e. The molecule has 0 spiro atoms. The third-order valence-electron chi connectivity index (χ3n) is 3.96. The van der Waals surface area contributed by atoms with Crippen LogP contribution in [0.1, 0.15) is 33.1 Å². The number of carbonyl (C=O) groups excluding carboxylic acids is 1. The molecule has 0 aromatic carbocycles. The van der Waals surface area contributed by atoms with Gasteiger partial charge in [0.25, 0.3) is 0 Å². The maximum atomic E-state index is 11.7. The minimum absolute atomic E-state index is 0.113. The second kappa shape index (κ2) is 4.94. The van der Waals surface area contributed by atoms with E-state index in [1.165, 1.54) is 25.8 Å². The highest BCUT2D eigenvalue weighted by Gasteiger charge is 2.35. The van der Waals surface area contributed by atoms with Crippen LogP contribution >= 0.6 is 0 Å². The zero-order chi connectivity index (χ0) is 12.5. The monoisotopic (exact) mass is 239 g/mol. The molecule has 1 aliphatic carbocycles. The number of carbonyl (C=O) groups is 1. The number of hydrogen-bond donors (Lipinski definition) is 2. The summed E-state index contributed by atoms with van der Waals surface area (Å²) in [6.45, 7) is 7.13. The average molecular weight is 239 g/mol. The van der Waals surface area contributed by atoms with Gasteiger partial charge in [-0.15, -0.1) is 0 Å². The molecule has 4 nitrogen and oxygen atoms in total. The standard InChI is InChI=1S/C13H25N3O/c1-13(2,12(17)14-3)9-15-10-6-7-16(8-10)11-4-5-11/h10-11,15H,4-9H2,1-3H3,(H,14,17). The first-order valence-corrected chi connectivity index (χ1v) is 6.72. The Labute approximate surface area is 104 Å². The van der Waals surface area contributed by atoms with E-state index in [1.54, 1.807) is 7.05 Å². The van der Waals surface area contributed by atoms with Crippen molar-refractivity contribution in [2.75, 3.05) is 26.7 Å². The molecule has 0 bridgehead atoms. The molecular formula is C13H25N3O. The van der Waals surface area contributed by atoms with Gasteiger partial charge in [-0.25, -0.2) is 0 Å². The highest BCUT2D eigenvalue weighted by Crippen LogP contribution is 2.29. The predicted molar refractivity (Wildman–Crippen MR) is 68.9 cm³/mol. The van der Waals surface area contributed by atoms with E-state index in [1.807, 2.05) is 13.8 Å². The molecule has 4 heteroatoms. The number of nitrogens with zero attached hydrogens (tertiary/aromatic N) is 1. The average Bonchev–Trinajstić information content (AvgIpc) is 3.05. The molecule has 1 aliphatic heterocycles. The molecule has 0 aromatic rings. The van der Waals surface area contributed by atoms with Crippen molar-refractivity contribution in [2.24, 2.45) is 5.41 Å². The maximum absolute atomic E-state index is 11.7. The van der Waals surface area contributed by atoms with Crippen molar-refractivity contribution in [3.8, 4) is 0 Å². The molecule has 2 rings (SSSR count). The highest BCUT2D eigenvalue weighted by atomic mass is 16.2. The second-order valence-corrected chi connectivity index (χ2v) is 6.06. The van der Waals surface area contributed by atoms with Crippen molar-refractivity contribution >= 4 is 5.91 Å². The summed E-state index contributed by atoms with van der Waals surface area (Å²) in [6, 6.07) is 1.44. The largest absolute Gasteiger partial charge is 0.359 e. The van der Waals surface area contributed by atoms with Crippen molar-refractivity contribution in [2.45, 2.75) is 45.2 Å². The Balaban J connectivity index is 1.73. The van der Waals surface area contributed by atoms with E-state index in [0.717, 1.165) is 19.1 Å². The summed E-state index contributed by atoms with van der Waals surface area (Å²) in [4.78, 5) is 14.2. The van der Waals surface area contributed by atoms with Crippen LogP contribution in [0.2, 0.25) is 0 Å². The summed E-state index contributed by atoms with van der Waals surface area (Å²) in [5.74, 6) is 0.113. The lowest BCUT2D eigenvalue weighted by Crippen LogP contribution is -2.45. The molecule has 1 amide bonds. The summed E-state index contributed by atoms with van der Waals surface area (Å²) in [7, 11) is 1.70. The Kier molecular flexibility index (Phi) is 3.73. The topological polar surface area (TPSA) is 44.4 Å². The molecule has 1 atom stereocenters. The fourth-order valence-corrected chi connectivity index (χ4v) is 2.54. The molecule has 1 heterocycles. The van der Waals surface area contributed by atoms with Gasteiger partial charge < -0.3 is 10.6 Å². The van der Waals surface area contributed by atoms with E-state index in [2.05, 4.69) is 15.5 Å². The first kappa shape index (κ1) is 12.8. The van der Waals surface area contributed by atoms with Crippen molar-refractivity contribution in [1.82, 2.24) is 15.5 Å². The molecule has 98 valence electrons. The summed E-state index contributed by atoms with van der Waals surface area (Å²) in [5, 5.41) is 6.28. The van der Waals surface area contributed by atoms with Gasteiger partial charge in [-0.05, 0) is 33.1 Å². The molecule has 1 saturated carbocycles. The Morgan fingerprint density at radius 1 is 1.35 bits per heavy atom. The normalized spacial score (nSPS) is 26.2. The van der Waals surface area contributed by atoms with Crippen LogP contribution in [0.4, 0.5) is 0 Å². The van der Waals surface area contributed by atoms with Gasteiger partial charge >= 0.3 is 0 Å². The van der Waals surface area contributed by atoms with Crippen molar-refractivity contribution in [3.05, 3.63) is 0 Å². The van der Waals surface area contributed by atoms with Gasteiger partial charge in [-0.2, -0.15) is 0 Å². The third-order valence-corrected chi connectivity index (χ3v) is 3.96. The minimum atomic E-state index is -0.318. The molecule has 0 radical (unpaired) electrons. The lowest BCUT2D eigenvalue weighted by Gasteiger charge is -2.25. The van der Waals surface area contributed by atoms with E-state index in [4.69, 9.17) is 0 Å². The molecular weight excluding hydrogens is 214 g/mol. The van der Waals surface area contributed by atoms with Crippen LogP contribution in [0.25, 0.3) is 0 Å². The molecule has 1 saturated heterocycles. The Morgan fingerprint density at radius 3 is 2.65 bits per heavy atom. The minimum Gasteiger partial charge on any atom is -0.359 e. The number of nitrogens with one attached hydrogen (secondary N) is 2. The van der Waals surface area contributed by atoms with Gasteiger partial charge in [0.2, 0.25) is 5.91 Å². The lowest BCUT2D eigenvalue weighted by molar-refractivity contribution is -0.128. The van der Waals surface area contributed by atoms with Crippen LogP contribution < -0.4 is 10.6 Å².